The maximum absolute atomic E-state index is 12.0. The van der Waals surface area contributed by atoms with Gasteiger partial charge in [0.05, 0.1) is 29.6 Å². The summed E-state index contributed by atoms with van der Waals surface area (Å²) in [4.78, 5) is 35.1. The summed E-state index contributed by atoms with van der Waals surface area (Å²) in [5.74, 6) is -4.42. The Bertz CT molecular complexity index is 695. The lowest BCUT2D eigenvalue weighted by Crippen LogP contribution is -2.61. The molecule has 0 radical (unpaired) electrons. The van der Waals surface area contributed by atoms with Gasteiger partial charge in [-0.2, -0.15) is 0 Å². The average Bonchev–Trinajstić information content (AvgIpc) is 2.70. The molecule has 2 heterocycles. The number of sulfone groups is 1. The van der Waals surface area contributed by atoms with E-state index in [1.165, 1.54) is 6.92 Å². The van der Waals surface area contributed by atoms with Crippen LogP contribution in [-0.4, -0.2) is 65.0 Å². The molecule has 1 saturated heterocycles. The zero-order valence-electron chi connectivity index (χ0n) is 12.4. The Morgan fingerprint density at radius 1 is 1.43 bits per heavy atom. The first kappa shape index (κ1) is 17.4. The standard InChI is InChI=1S/C13H18N2O7S/c1-6(16)10-8-4-7(5-23(21,22)3-2-9(14)17)11(13(19)20)15(8)12(10)18/h6,8,10,16H,2-5H2,1H3,(H2,14,17)(H,19,20). The third-order valence-electron chi connectivity index (χ3n) is 4.08. The fourth-order valence-corrected chi connectivity index (χ4v) is 4.53. The summed E-state index contributed by atoms with van der Waals surface area (Å²) >= 11 is 0. The fraction of sp³-hybridized carbons (Fsp3) is 0.615. The van der Waals surface area contributed by atoms with Crippen LogP contribution in [0.3, 0.4) is 0 Å². The predicted octanol–water partition coefficient (Wildman–Crippen LogP) is -1.77. The van der Waals surface area contributed by atoms with E-state index in [1.807, 2.05) is 0 Å². The van der Waals surface area contributed by atoms with Crippen molar-refractivity contribution in [2.45, 2.75) is 31.9 Å². The van der Waals surface area contributed by atoms with Gasteiger partial charge in [0.25, 0.3) is 0 Å². The van der Waals surface area contributed by atoms with Crippen molar-refractivity contribution in [3.63, 3.8) is 0 Å². The van der Waals surface area contributed by atoms with Crippen LogP contribution in [0.15, 0.2) is 11.3 Å². The number of aliphatic hydroxyl groups is 1. The SMILES string of the molecule is CC(O)C1C(=O)N2C(C(=O)O)=C(CS(=O)(=O)CCC(N)=O)CC12. The van der Waals surface area contributed by atoms with E-state index >= 15 is 0 Å². The Morgan fingerprint density at radius 2 is 2.04 bits per heavy atom. The number of carbonyl (C=O) groups excluding carboxylic acids is 2. The van der Waals surface area contributed by atoms with Crippen molar-refractivity contribution in [1.82, 2.24) is 4.90 Å². The number of nitrogens with two attached hydrogens (primary N) is 1. The monoisotopic (exact) mass is 346 g/mol. The molecule has 10 heteroatoms. The minimum absolute atomic E-state index is 0.0821. The number of carboxylic acids is 1. The van der Waals surface area contributed by atoms with Crippen LogP contribution < -0.4 is 5.73 Å². The van der Waals surface area contributed by atoms with Crippen molar-refractivity contribution in [3.05, 3.63) is 11.3 Å². The first-order valence-corrected chi connectivity index (χ1v) is 8.82. The second-order valence-corrected chi connectivity index (χ2v) is 8.00. The number of nitrogens with zero attached hydrogens (tertiary/aromatic N) is 1. The van der Waals surface area contributed by atoms with Crippen LogP contribution in [0.1, 0.15) is 19.8 Å². The first-order valence-electron chi connectivity index (χ1n) is 7.00. The highest BCUT2D eigenvalue weighted by molar-refractivity contribution is 7.91. The van der Waals surface area contributed by atoms with Crippen LogP contribution in [0, 0.1) is 5.92 Å². The van der Waals surface area contributed by atoms with E-state index in [0.717, 1.165) is 4.90 Å². The molecule has 23 heavy (non-hydrogen) atoms. The molecule has 0 saturated carbocycles. The van der Waals surface area contributed by atoms with Gasteiger partial charge in [-0.25, -0.2) is 13.2 Å². The molecule has 2 aliphatic heterocycles. The summed E-state index contributed by atoms with van der Waals surface area (Å²) in [6, 6.07) is -0.532. The second kappa shape index (κ2) is 5.93. The molecule has 0 aliphatic carbocycles. The number of carbonyl (C=O) groups is 3. The van der Waals surface area contributed by atoms with E-state index in [2.05, 4.69) is 0 Å². The molecule has 3 unspecified atom stereocenters. The highest BCUT2D eigenvalue weighted by atomic mass is 32.2. The number of hydrogen-bond acceptors (Lipinski definition) is 6. The molecule has 2 rings (SSSR count). The van der Waals surface area contributed by atoms with E-state index < -0.39 is 57.2 Å². The largest absolute Gasteiger partial charge is 0.477 e. The number of primary amides is 1. The Morgan fingerprint density at radius 3 is 2.52 bits per heavy atom. The summed E-state index contributed by atoms with van der Waals surface area (Å²) in [7, 11) is -3.72. The van der Waals surface area contributed by atoms with E-state index in [4.69, 9.17) is 5.73 Å². The van der Waals surface area contributed by atoms with E-state index in [9.17, 15) is 33.0 Å². The number of amides is 2. The molecular weight excluding hydrogens is 328 g/mol. The number of carboxylic acid groups (broad SMARTS) is 1. The van der Waals surface area contributed by atoms with Crippen LogP contribution in [0.5, 0.6) is 0 Å². The van der Waals surface area contributed by atoms with Gasteiger partial charge in [0.15, 0.2) is 9.84 Å². The summed E-state index contributed by atoms with van der Waals surface area (Å²) in [6.45, 7) is 1.43. The van der Waals surface area contributed by atoms with Crippen molar-refractivity contribution in [3.8, 4) is 0 Å². The van der Waals surface area contributed by atoms with Gasteiger partial charge in [0.2, 0.25) is 11.8 Å². The number of aliphatic carboxylic acids is 1. The summed E-state index contributed by atoms with van der Waals surface area (Å²) < 4.78 is 24.0. The minimum Gasteiger partial charge on any atom is -0.477 e. The zero-order chi connectivity index (χ0) is 17.5. The molecule has 2 amide bonds. The number of fused-ring (bicyclic) bond motifs is 1. The number of β-lactam (4-membered cyclic amide) rings is 1. The quantitative estimate of drug-likeness (QED) is 0.460. The van der Waals surface area contributed by atoms with Gasteiger partial charge >= 0.3 is 5.97 Å². The van der Waals surface area contributed by atoms with Crippen LogP contribution in [0.25, 0.3) is 0 Å². The maximum atomic E-state index is 12.0. The van der Waals surface area contributed by atoms with Crippen molar-refractivity contribution in [2.75, 3.05) is 11.5 Å². The van der Waals surface area contributed by atoms with Crippen molar-refractivity contribution in [2.24, 2.45) is 11.7 Å². The first-order chi connectivity index (χ1) is 10.5. The maximum Gasteiger partial charge on any atom is 0.352 e. The van der Waals surface area contributed by atoms with Gasteiger partial charge in [0, 0.05) is 6.42 Å². The molecule has 9 nitrogen and oxygen atoms in total. The molecule has 3 atom stereocenters. The molecule has 1 fully saturated rings. The molecule has 128 valence electrons. The van der Waals surface area contributed by atoms with Gasteiger partial charge in [0.1, 0.15) is 5.70 Å². The smallest absolute Gasteiger partial charge is 0.352 e. The molecule has 0 bridgehead atoms. The average molecular weight is 346 g/mol. The van der Waals surface area contributed by atoms with Gasteiger partial charge < -0.3 is 20.8 Å². The molecule has 2 aliphatic rings. The van der Waals surface area contributed by atoms with E-state index in [-0.39, 0.29) is 24.1 Å². The Balaban J connectivity index is 2.23. The normalized spacial score (nSPS) is 25.1. The second-order valence-electron chi connectivity index (χ2n) is 5.81. The van der Waals surface area contributed by atoms with E-state index in [0.29, 0.717) is 0 Å². The van der Waals surface area contributed by atoms with Crippen LogP contribution in [0.4, 0.5) is 0 Å². The molecule has 0 aromatic rings. The Kier molecular flexibility index (Phi) is 4.49. The lowest BCUT2D eigenvalue weighted by molar-refractivity contribution is -0.161. The molecule has 0 aromatic heterocycles. The van der Waals surface area contributed by atoms with Gasteiger partial charge in [-0.1, -0.05) is 0 Å². The van der Waals surface area contributed by atoms with Crippen LogP contribution >= 0.6 is 0 Å². The fourth-order valence-electron chi connectivity index (χ4n) is 3.08. The Labute approximate surface area is 132 Å². The highest BCUT2D eigenvalue weighted by Gasteiger charge is 2.56. The minimum atomic E-state index is -3.72. The van der Waals surface area contributed by atoms with Gasteiger partial charge in [-0.05, 0) is 18.9 Å². The van der Waals surface area contributed by atoms with Crippen molar-refractivity contribution < 1.29 is 33.0 Å². The lowest BCUT2D eigenvalue weighted by Gasteiger charge is -2.44. The highest BCUT2D eigenvalue weighted by Crippen LogP contribution is 2.43. The summed E-state index contributed by atoms with van der Waals surface area (Å²) in [6.07, 6.45) is -1.20. The van der Waals surface area contributed by atoms with Crippen LogP contribution in [0.2, 0.25) is 0 Å². The predicted molar refractivity (Wildman–Crippen MR) is 77.5 cm³/mol. The number of hydrogen-bond donors (Lipinski definition) is 3. The number of rotatable bonds is 7. The molecular formula is C13H18N2O7S. The van der Waals surface area contributed by atoms with Crippen molar-refractivity contribution in [1.29, 1.82) is 0 Å². The lowest BCUT2D eigenvalue weighted by atomic mass is 9.83. The molecule has 0 aromatic carbocycles. The van der Waals surface area contributed by atoms with Gasteiger partial charge in [-0.3, -0.25) is 9.59 Å². The Hall–Kier alpha value is -1.94. The van der Waals surface area contributed by atoms with E-state index in [1.54, 1.807) is 0 Å². The summed E-state index contributed by atoms with van der Waals surface area (Å²) in [5.41, 5.74) is 4.70. The van der Waals surface area contributed by atoms with Crippen LogP contribution in [-0.2, 0) is 24.2 Å². The molecule has 0 spiro atoms. The molecule has 4 N–H and O–H groups in total. The van der Waals surface area contributed by atoms with Crippen molar-refractivity contribution >= 4 is 27.6 Å². The topological polar surface area (TPSA) is 155 Å². The third-order valence-corrected chi connectivity index (χ3v) is 5.69. The number of aliphatic hydroxyl groups excluding tert-OH is 1. The third kappa shape index (κ3) is 3.22. The zero-order valence-corrected chi connectivity index (χ0v) is 13.2. The van der Waals surface area contributed by atoms with Gasteiger partial charge in [-0.15, -0.1) is 0 Å². The summed E-state index contributed by atoms with van der Waals surface area (Å²) in [5, 5.41) is 18.9.